The summed E-state index contributed by atoms with van der Waals surface area (Å²) in [5.74, 6) is -4.20. The number of carbonyl (C=O) groups excluding carboxylic acids is 3. The number of carboxylic acids is 1. The molecule has 6 rings (SSSR count). The van der Waals surface area contributed by atoms with Crippen LogP contribution in [-0.2, 0) is 20.8 Å². The zero-order valence-electron chi connectivity index (χ0n) is 22.9. The molecule has 2 saturated heterocycles. The molecule has 0 spiro atoms. The number of Topliss-reactive ketones (excluding diaryl/α,β-unsaturated/α-hetero) is 1. The van der Waals surface area contributed by atoms with Crippen LogP contribution in [0.4, 0.5) is 5.69 Å². The summed E-state index contributed by atoms with van der Waals surface area (Å²) in [5, 5.41) is 25.4. The Balaban J connectivity index is 1.53. The topological polar surface area (TPSA) is 133 Å². The molecule has 2 aliphatic rings. The van der Waals surface area contributed by atoms with E-state index in [1.54, 1.807) is 43.5 Å². The van der Waals surface area contributed by atoms with E-state index >= 15 is 0 Å². The Kier molecular flexibility index (Phi) is 6.54. The first-order valence-electron chi connectivity index (χ1n) is 13.5. The molecule has 0 radical (unpaired) electrons. The van der Waals surface area contributed by atoms with Gasteiger partial charge in [0.2, 0.25) is 11.8 Å². The second-order valence-electron chi connectivity index (χ2n) is 10.8. The summed E-state index contributed by atoms with van der Waals surface area (Å²) in [6.07, 6.45) is -0.107. The molecule has 4 unspecified atom stereocenters. The van der Waals surface area contributed by atoms with Gasteiger partial charge in [0.25, 0.3) is 0 Å². The van der Waals surface area contributed by atoms with E-state index in [9.17, 15) is 29.4 Å². The molecule has 4 aromatic rings. The Morgan fingerprint density at radius 3 is 2.19 bits per heavy atom. The number of amides is 2. The van der Waals surface area contributed by atoms with Crippen molar-refractivity contribution >= 4 is 40.0 Å². The maximum Gasteiger partial charge on any atom is 0.325 e. The van der Waals surface area contributed by atoms with Crippen LogP contribution in [0.2, 0.25) is 0 Å². The smallest absolute Gasteiger partial charge is 0.325 e. The summed E-state index contributed by atoms with van der Waals surface area (Å²) in [6.45, 7) is 1.42. The van der Waals surface area contributed by atoms with Gasteiger partial charge in [0.15, 0.2) is 5.78 Å². The van der Waals surface area contributed by atoms with E-state index in [1.165, 1.54) is 31.2 Å². The van der Waals surface area contributed by atoms with Gasteiger partial charge in [-0.3, -0.25) is 24.5 Å². The van der Waals surface area contributed by atoms with Crippen molar-refractivity contribution < 1.29 is 34.1 Å². The highest BCUT2D eigenvalue weighted by atomic mass is 16.5. The van der Waals surface area contributed by atoms with E-state index < -0.39 is 41.2 Å². The Hall–Kier alpha value is -5.02. The fourth-order valence-electron chi connectivity index (χ4n) is 6.48. The Bertz CT molecular complexity index is 1750. The van der Waals surface area contributed by atoms with Gasteiger partial charge in [-0.25, -0.2) is 4.90 Å². The summed E-state index contributed by atoms with van der Waals surface area (Å²) < 4.78 is 5.55. The van der Waals surface area contributed by atoms with Gasteiger partial charge in [-0.1, -0.05) is 42.5 Å². The minimum absolute atomic E-state index is 0.0234. The fourth-order valence-corrected chi connectivity index (χ4v) is 6.48. The highest BCUT2D eigenvalue weighted by Crippen LogP contribution is 2.52. The van der Waals surface area contributed by atoms with Crippen LogP contribution in [-0.4, -0.2) is 46.4 Å². The second kappa shape index (κ2) is 10.1. The van der Waals surface area contributed by atoms with E-state index in [1.807, 2.05) is 24.3 Å². The average Bonchev–Trinajstić information content (AvgIpc) is 3.47. The van der Waals surface area contributed by atoms with Crippen molar-refractivity contribution in [2.24, 2.45) is 11.8 Å². The van der Waals surface area contributed by atoms with Crippen molar-refractivity contribution in [2.45, 2.75) is 24.9 Å². The lowest BCUT2D eigenvalue weighted by Gasteiger charge is -2.31. The van der Waals surface area contributed by atoms with Gasteiger partial charge < -0.3 is 14.9 Å². The van der Waals surface area contributed by atoms with Crippen molar-refractivity contribution in [3.8, 4) is 11.5 Å². The number of carboxylic acid groups (broad SMARTS) is 1. The van der Waals surface area contributed by atoms with E-state index in [0.29, 0.717) is 22.4 Å². The summed E-state index contributed by atoms with van der Waals surface area (Å²) in [5.41, 5.74) is 0.103. The monoisotopic (exact) mass is 564 g/mol. The minimum atomic E-state index is -1.84. The first kappa shape index (κ1) is 27.2. The molecule has 9 nitrogen and oxygen atoms in total. The number of phenolic OH excluding ortho intramolecular Hbond substituents is 1. The molecule has 2 heterocycles. The number of hydrogen-bond acceptors (Lipinski definition) is 7. The predicted molar refractivity (Wildman–Crippen MR) is 154 cm³/mol. The molecule has 0 aliphatic carbocycles. The number of carbonyl (C=O) groups is 4. The van der Waals surface area contributed by atoms with Crippen LogP contribution in [0.1, 0.15) is 34.5 Å². The average molecular weight is 565 g/mol. The number of rotatable bonds is 7. The first-order valence-corrected chi connectivity index (χ1v) is 13.5. The van der Waals surface area contributed by atoms with E-state index in [0.717, 1.165) is 15.7 Å². The third-order valence-electron chi connectivity index (χ3n) is 8.46. The molecule has 4 aromatic carbocycles. The molecule has 0 aromatic heterocycles. The maximum atomic E-state index is 14.2. The molecule has 0 saturated carbocycles. The van der Waals surface area contributed by atoms with Crippen molar-refractivity contribution in [3.63, 3.8) is 0 Å². The number of ketones is 1. The third kappa shape index (κ3) is 4.12. The number of nitrogens with zero attached hydrogens (tertiary/aromatic N) is 1. The summed E-state index contributed by atoms with van der Waals surface area (Å²) in [6, 6.07) is 22.5. The normalized spacial score (nSPS) is 23.3. The van der Waals surface area contributed by atoms with Gasteiger partial charge in [0, 0.05) is 23.4 Å². The number of benzene rings is 4. The van der Waals surface area contributed by atoms with Crippen molar-refractivity contribution in [1.82, 2.24) is 5.32 Å². The maximum absolute atomic E-state index is 14.2. The van der Waals surface area contributed by atoms with Crippen LogP contribution < -0.4 is 15.0 Å². The van der Waals surface area contributed by atoms with Crippen molar-refractivity contribution in [2.75, 3.05) is 12.0 Å². The standard InChI is InChI=1S/C33H28N2O7/c1-18(36)20-9-11-21(12-10-20)35-30(38)27-28(31(35)39)33(32(40)41,17-19-7-13-22(37)14-8-19)34-29(27)25-15-16-26(42-2)24-6-4-3-5-23(24)25/h3-16,27-29,34,37H,17H2,1-2H3,(H,40,41). The lowest BCUT2D eigenvalue weighted by atomic mass is 9.76. The number of anilines is 1. The number of imide groups is 1. The molecule has 0 bridgehead atoms. The quantitative estimate of drug-likeness (QED) is 0.224. The molecular formula is C33H28N2O7. The lowest BCUT2D eigenvalue weighted by Crippen LogP contribution is -2.57. The van der Waals surface area contributed by atoms with Crippen LogP contribution in [0.15, 0.2) is 84.9 Å². The van der Waals surface area contributed by atoms with Gasteiger partial charge in [-0.15, -0.1) is 0 Å². The molecule has 9 heteroatoms. The summed E-state index contributed by atoms with van der Waals surface area (Å²) >= 11 is 0. The third-order valence-corrected chi connectivity index (χ3v) is 8.46. The van der Waals surface area contributed by atoms with Crippen molar-refractivity contribution in [1.29, 1.82) is 0 Å². The number of ether oxygens (including phenoxy) is 1. The fraction of sp³-hybridized carbons (Fsp3) is 0.212. The Morgan fingerprint density at radius 2 is 1.57 bits per heavy atom. The number of hydrogen-bond donors (Lipinski definition) is 3. The second-order valence-corrected chi connectivity index (χ2v) is 10.8. The van der Waals surface area contributed by atoms with Crippen LogP contribution >= 0.6 is 0 Å². The van der Waals surface area contributed by atoms with Crippen LogP contribution in [0.5, 0.6) is 11.5 Å². The number of fused-ring (bicyclic) bond motifs is 2. The Morgan fingerprint density at radius 1 is 0.905 bits per heavy atom. The van der Waals surface area contributed by atoms with Gasteiger partial charge in [-0.2, -0.15) is 0 Å². The Labute approximate surface area is 241 Å². The van der Waals surface area contributed by atoms with Gasteiger partial charge in [-0.05, 0) is 65.9 Å². The number of aliphatic carboxylic acids is 1. The molecule has 3 N–H and O–H groups in total. The molecule has 2 fully saturated rings. The van der Waals surface area contributed by atoms with E-state index in [4.69, 9.17) is 4.74 Å². The zero-order chi connectivity index (χ0) is 29.8. The van der Waals surface area contributed by atoms with Gasteiger partial charge in [0.1, 0.15) is 17.0 Å². The summed E-state index contributed by atoms with van der Waals surface area (Å²) in [7, 11) is 1.56. The zero-order valence-corrected chi connectivity index (χ0v) is 22.9. The van der Waals surface area contributed by atoms with Gasteiger partial charge in [0.05, 0.1) is 24.6 Å². The highest BCUT2D eigenvalue weighted by molar-refractivity contribution is 6.24. The summed E-state index contributed by atoms with van der Waals surface area (Å²) in [4.78, 5) is 54.5. The molecule has 42 heavy (non-hydrogen) atoms. The highest BCUT2D eigenvalue weighted by Gasteiger charge is 2.68. The first-order chi connectivity index (χ1) is 20.2. The van der Waals surface area contributed by atoms with E-state index in [-0.39, 0.29) is 23.6 Å². The minimum Gasteiger partial charge on any atom is -0.508 e. The van der Waals surface area contributed by atoms with Gasteiger partial charge >= 0.3 is 5.97 Å². The molecular weight excluding hydrogens is 536 g/mol. The van der Waals surface area contributed by atoms with Crippen LogP contribution in [0.25, 0.3) is 10.8 Å². The predicted octanol–water partition coefficient (Wildman–Crippen LogP) is 4.27. The number of phenols is 1. The molecule has 2 aliphatic heterocycles. The largest absolute Gasteiger partial charge is 0.508 e. The molecule has 4 atom stereocenters. The number of aromatic hydroxyl groups is 1. The molecule has 212 valence electrons. The van der Waals surface area contributed by atoms with Crippen molar-refractivity contribution in [3.05, 3.63) is 102 Å². The number of nitrogens with one attached hydrogen (secondary N) is 1. The van der Waals surface area contributed by atoms with Crippen LogP contribution in [0, 0.1) is 11.8 Å². The van der Waals surface area contributed by atoms with Crippen LogP contribution in [0.3, 0.4) is 0 Å². The lowest BCUT2D eigenvalue weighted by molar-refractivity contribution is -0.148. The van der Waals surface area contributed by atoms with E-state index in [2.05, 4.69) is 5.32 Å². The SMILES string of the molecule is COc1ccc(C2NC(Cc3ccc(O)cc3)(C(=O)O)C3C(=O)N(c4ccc(C(C)=O)cc4)C(=O)C23)c2ccccc12. The molecule has 2 amide bonds. The number of methoxy groups -OCH3 is 1.